The van der Waals surface area contributed by atoms with Crippen molar-refractivity contribution in [1.29, 1.82) is 0 Å². The lowest BCUT2D eigenvalue weighted by Gasteiger charge is -2.17. The van der Waals surface area contributed by atoms with Crippen molar-refractivity contribution in [3.05, 3.63) is 33.9 Å². The zero-order valence-corrected chi connectivity index (χ0v) is 11.7. The molecular formula is C13H19N3O4. The van der Waals surface area contributed by atoms with Gasteiger partial charge in [-0.25, -0.2) is 0 Å². The molecule has 0 heterocycles. The molecule has 0 aliphatic carbocycles. The zero-order chi connectivity index (χ0) is 15.3. The number of carbonyl (C=O) groups excluding carboxylic acids is 1. The Morgan fingerprint density at radius 1 is 1.45 bits per heavy atom. The molecule has 0 saturated carbocycles. The Morgan fingerprint density at radius 2 is 2.10 bits per heavy atom. The van der Waals surface area contributed by atoms with Crippen LogP contribution in [0.3, 0.4) is 0 Å². The number of carbonyl (C=O) groups is 1. The number of hydrogen-bond acceptors (Lipinski definition) is 5. The van der Waals surface area contributed by atoms with Gasteiger partial charge in [0.05, 0.1) is 11.0 Å². The van der Waals surface area contributed by atoms with Crippen LogP contribution in [0.15, 0.2) is 18.2 Å². The third-order valence-electron chi connectivity index (χ3n) is 2.78. The quantitative estimate of drug-likeness (QED) is 0.541. The van der Waals surface area contributed by atoms with Crippen LogP contribution in [0.2, 0.25) is 0 Å². The normalized spacial score (nSPS) is 13.4. The predicted molar refractivity (Wildman–Crippen MR) is 75.9 cm³/mol. The Labute approximate surface area is 117 Å². The molecule has 0 aromatic heterocycles. The molecule has 0 fully saturated rings. The Balaban J connectivity index is 3.01. The molecule has 0 spiro atoms. The highest BCUT2D eigenvalue weighted by Crippen LogP contribution is 2.26. The van der Waals surface area contributed by atoms with E-state index in [9.17, 15) is 20.0 Å². The minimum absolute atomic E-state index is 0.125. The van der Waals surface area contributed by atoms with E-state index in [2.05, 4.69) is 10.6 Å². The van der Waals surface area contributed by atoms with Crippen molar-refractivity contribution in [2.45, 2.75) is 32.4 Å². The van der Waals surface area contributed by atoms with E-state index in [4.69, 9.17) is 0 Å². The number of nitro benzene ring substituents is 1. The van der Waals surface area contributed by atoms with Crippen molar-refractivity contribution in [3.63, 3.8) is 0 Å². The van der Waals surface area contributed by atoms with Crippen LogP contribution in [0.5, 0.6) is 0 Å². The average molecular weight is 281 g/mol. The minimum Gasteiger partial charge on any atom is -0.393 e. The molecule has 1 amide bonds. The van der Waals surface area contributed by atoms with Crippen LogP contribution in [-0.2, 0) is 0 Å². The number of benzene rings is 1. The smallest absolute Gasteiger partial charge is 0.293 e. The topological polar surface area (TPSA) is 104 Å². The van der Waals surface area contributed by atoms with Crippen LogP contribution in [0, 0.1) is 10.1 Å². The lowest BCUT2D eigenvalue weighted by Crippen LogP contribution is -2.22. The lowest BCUT2D eigenvalue weighted by molar-refractivity contribution is -0.384. The Bertz CT molecular complexity index is 502. The van der Waals surface area contributed by atoms with Crippen LogP contribution in [-0.4, -0.2) is 35.1 Å². The third kappa shape index (κ3) is 4.20. The van der Waals surface area contributed by atoms with Gasteiger partial charge in [0, 0.05) is 24.7 Å². The second-order valence-corrected chi connectivity index (χ2v) is 4.70. The van der Waals surface area contributed by atoms with Crippen molar-refractivity contribution in [2.24, 2.45) is 0 Å². The predicted octanol–water partition coefficient (Wildman–Crippen LogP) is 1.53. The van der Waals surface area contributed by atoms with E-state index in [0.717, 1.165) is 0 Å². The molecule has 1 aromatic carbocycles. The van der Waals surface area contributed by atoms with E-state index in [0.29, 0.717) is 12.1 Å². The Hall–Kier alpha value is -2.15. The summed E-state index contributed by atoms with van der Waals surface area (Å²) in [5.74, 6) is -0.378. The summed E-state index contributed by atoms with van der Waals surface area (Å²) in [4.78, 5) is 22.0. The van der Waals surface area contributed by atoms with Crippen LogP contribution < -0.4 is 10.6 Å². The van der Waals surface area contributed by atoms with E-state index < -0.39 is 11.0 Å². The maximum absolute atomic E-state index is 11.5. The van der Waals surface area contributed by atoms with Gasteiger partial charge in [-0.2, -0.15) is 0 Å². The number of aliphatic hydroxyl groups is 1. The van der Waals surface area contributed by atoms with Gasteiger partial charge in [-0.15, -0.1) is 0 Å². The fraction of sp³-hybridized carbons (Fsp3) is 0.462. The van der Waals surface area contributed by atoms with Crippen molar-refractivity contribution >= 4 is 17.3 Å². The van der Waals surface area contributed by atoms with E-state index in [1.807, 2.05) is 6.92 Å². The number of amides is 1. The molecule has 1 aromatic rings. The summed E-state index contributed by atoms with van der Waals surface area (Å²) in [7, 11) is 1.46. The number of rotatable bonds is 6. The Morgan fingerprint density at radius 3 is 2.60 bits per heavy atom. The molecule has 7 nitrogen and oxygen atoms in total. The molecule has 0 aliphatic rings. The fourth-order valence-corrected chi connectivity index (χ4v) is 1.93. The number of nitro groups is 1. The number of hydrogen-bond donors (Lipinski definition) is 3. The number of nitrogens with zero attached hydrogens (tertiary/aromatic N) is 1. The minimum atomic E-state index is -0.538. The first-order valence-electron chi connectivity index (χ1n) is 6.30. The summed E-state index contributed by atoms with van der Waals surface area (Å²) in [6.45, 7) is 3.48. The van der Waals surface area contributed by atoms with Crippen LogP contribution in [0.4, 0.5) is 11.4 Å². The molecule has 1 rings (SSSR count). The van der Waals surface area contributed by atoms with Crippen LogP contribution in [0.1, 0.15) is 30.6 Å². The summed E-state index contributed by atoms with van der Waals surface area (Å²) in [6.07, 6.45) is -0.0318. The molecule has 0 radical (unpaired) electrons. The van der Waals surface area contributed by atoms with E-state index in [-0.39, 0.29) is 23.2 Å². The highest BCUT2D eigenvalue weighted by molar-refractivity contribution is 5.95. The molecule has 0 bridgehead atoms. The van der Waals surface area contributed by atoms with Gasteiger partial charge in [0.15, 0.2) is 0 Å². The summed E-state index contributed by atoms with van der Waals surface area (Å²) in [5, 5.41) is 25.8. The first-order chi connectivity index (χ1) is 9.35. The Kier molecular flexibility index (Phi) is 5.45. The molecule has 2 unspecified atom stereocenters. The summed E-state index contributed by atoms with van der Waals surface area (Å²) < 4.78 is 0. The second kappa shape index (κ2) is 6.85. The SMILES string of the molecule is CNC(=O)c1ccc(NC(C)CC(C)O)c([N+](=O)[O-])c1. The fourth-order valence-electron chi connectivity index (χ4n) is 1.93. The van der Waals surface area contributed by atoms with Crippen molar-refractivity contribution in [1.82, 2.24) is 5.32 Å². The standard InChI is InChI=1S/C13H19N3O4/c1-8(6-9(2)17)15-11-5-4-10(13(18)14-3)7-12(11)16(19)20/h4-5,7-9,15,17H,6H2,1-3H3,(H,14,18). The van der Waals surface area contributed by atoms with Crippen LogP contribution in [0.25, 0.3) is 0 Å². The molecular weight excluding hydrogens is 262 g/mol. The zero-order valence-electron chi connectivity index (χ0n) is 11.7. The maximum atomic E-state index is 11.5. The van der Waals surface area contributed by atoms with E-state index in [1.54, 1.807) is 6.92 Å². The highest BCUT2D eigenvalue weighted by Gasteiger charge is 2.18. The monoisotopic (exact) mass is 281 g/mol. The van der Waals surface area contributed by atoms with Crippen molar-refractivity contribution < 1.29 is 14.8 Å². The van der Waals surface area contributed by atoms with Gasteiger partial charge in [-0.1, -0.05) is 0 Å². The molecule has 0 saturated heterocycles. The van der Waals surface area contributed by atoms with Gasteiger partial charge in [-0.05, 0) is 32.4 Å². The van der Waals surface area contributed by atoms with E-state index >= 15 is 0 Å². The molecule has 3 N–H and O–H groups in total. The lowest BCUT2D eigenvalue weighted by atomic mass is 10.1. The third-order valence-corrected chi connectivity index (χ3v) is 2.78. The van der Waals surface area contributed by atoms with Gasteiger partial charge in [0.1, 0.15) is 5.69 Å². The average Bonchev–Trinajstić information content (AvgIpc) is 2.36. The highest BCUT2D eigenvalue weighted by atomic mass is 16.6. The van der Waals surface area contributed by atoms with Crippen LogP contribution >= 0.6 is 0 Å². The number of aliphatic hydroxyl groups excluding tert-OH is 1. The molecule has 7 heteroatoms. The second-order valence-electron chi connectivity index (χ2n) is 4.70. The summed E-state index contributed by atoms with van der Waals surface area (Å²) >= 11 is 0. The maximum Gasteiger partial charge on any atom is 0.293 e. The number of nitrogens with one attached hydrogen (secondary N) is 2. The van der Waals surface area contributed by atoms with Crippen molar-refractivity contribution in [3.8, 4) is 0 Å². The number of anilines is 1. The molecule has 2 atom stereocenters. The van der Waals surface area contributed by atoms with Gasteiger partial charge in [-0.3, -0.25) is 14.9 Å². The molecule has 0 aliphatic heterocycles. The largest absolute Gasteiger partial charge is 0.393 e. The van der Waals surface area contributed by atoms with Crippen molar-refractivity contribution in [2.75, 3.05) is 12.4 Å². The van der Waals surface area contributed by atoms with Gasteiger partial charge < -0.3 is 15.7 Å². The van der Waals surface area contributed by atoms with Gasteiger partial charge >= 0.3 is 0 Å². The first-order valence-corrected chi connectivity index (χ1v) is 6.30. The summed E-state index contributed by atoms with van der Waals surface area (Å²) in [5.41, 5.74) is 0.396. The molecule has 110 valence electrons. The summed E-state index contributed by atoms with van der Waals surface area (Å²) in [6, 6.07) is 4.13. The van der Waals surface area contributed by atoms with Gasteiger partial charge in [0.25, 0.3) is 11.6 Å². The van der Waals surface area contributed by atoms with Gasteiger partial charge in [0.2, 0.25) is 0 Å². The van der Waals surface area contributed by atoms with E-state index in [1.165, 1.54) is 25.2 Å². The molecule has 20 heavy (non-hydrogen) atoms. The first kappa shape index (κ1) is 15.9.